The Kier molecular flexibility index (Phi) is 4.50. The van der Waals surface area contributed by atoms with Gasteiger partial charge in [-0.05, 0) is 29.7 Å². The van der Waals surface area contributed by atoms with Crippen molar-refractivity contribution in [2.24, 2.45) is 0 Å². The second kappa shape index (κ2) is 6.34. The molecule has 6 nitrogen and oxygen atoms in total. The minimum Gasteiger partial charge on any atom is -0.497 e. The zero-order chi connectivity index (χ0) is 16.3. The zero-order valence-electron chi connectivity index (χ0n) is 12.8. The minimum atomic E-state index is -0.570. The van der Waals surface area contributed by atoms with E-state index in [-0.39, 0.29) is 11.1 Å². The molecule has 0 heterocycles. The number of methoxy groups -OCH3 is 4. The SMILES string of the molecule is COC(=O)c1cc(OC)cc2cc(OC)cc(C(=O)OC)c12. The molecule has 116 valence electrons. The normalized spacial score (nSPS) is 10.2. The number of benzene rings is 2. The number of hydrogen-bond donors (Lipinski definition) is 0. The van der Waals surface area contributed by atoms with Crippen LogP contribution >= 0.6 is 0 Å². The first-order chi connectivity index (χ1) is 10.5. The summed E-state index contributed by atoms with van der Waals surface area (Å²) in [6, 6.07) is 6.45. The number of fused-ring (bicyclic) bond motifs is 1. The molecule has 0 aliphatic carbocycles. The van der Waals surface area contributed by atoms with Crippen LogP contribution in [0.1, 0.15) is 20.7 Å². The predicted octanol–water partition coefficient (Wildman–Crippen LogP) is 2.43. The van der Waals surface area contributed by atoms with Crippen molar-refractivity contribution >= 4 is 22.7 Å². The highest BCUT2D eigenvalue weighted by Crippen LogP contribution is 2.32. The molecule has 0 N–H and O–H groups in total. The van der Waals surface area contributed by atoms with Gasteiger partial charge in [-0.25, -0.2) is 9.59 Å². The molecule has 0 spiro atoms. The summed E-state index contributed by atoms with van der Waals surface area (Å²) >= 11 is 0. The maximum atomic E-state index is 12.1. The van der Waals surface area contributed by atoms with Crippen LogP contribution in [0, 0.1) is 0 Å². The monoisotopic (exact) mass is 304 g/mol. The summed E-state index contributed by atoms with van der Waals surface area (Å²) in [5.41, 5.74) is 0.444. The summed E-state index contributed by atoms with van der Waals surface area (Å²) in [6.45, 7) is 0. The molecule has 6 heteroatoms. The van der Waals surface area contributed by atoms with Gasteiger partial charge in [0.1, 0.15) is 11.5 Å². The second-order valence-electron chi connectivity index (χ2n) is 4.43. The Balaban J connectivity index is 2.91. The van der Waals surface area contributed by atoms with Crippen LogP contribution in [0.5, 0.6) is 11.5 Å². The second-order valence-corrected chi connectivity index (χ2v) is 4.43. The van der Waals surface area contributed by atoms with E-state index >= 15 is 0 Å². The quantitative estimate of drug-likeness (QED) is 0.808. The van der Waals surface area contributed by atoms with E-state index < -0.39 is 11.9 Å². The fourth-order valence-corrected chi connectivity index (χ4v) is 2.24. The lowest BCUT2D eigenvalue weighted by Gasteiger charge is -2.13. The lowest BCUT2D eigenvalue weighted by atomic mass is 9.98. The van der Waals surface area contributed by atoms with Crippen molar-refractivity contribution in [1.82, 2.24) is 0 Å². The molecular weight excluding hydrogens is 288 g/mol. The summed E-state index contributed by atoms with van der Waals surface area (Å²) in [6.07, 6.45) is 0. The van der Waals surface area contributed by atoms with Gasteiger partial charge in [0.25, 0.3) is 0 Å². The number of esters is 2. The zero-order valence-corrected chi connectivity index (χ0v) is 12.8. The lowest BCUT2D eigenvalue weighted by Crippen LogP contribution is -2.08. The lowest BCUT2D eigenvalue weighted by molar-refractivity contribution is 0.0601. The summed E-state index contributed by atoms with van der Waals surface area (Å²) in [4.78, 5) is 24.1. The fraction of sp³-hybridized carbons (Fsp3) is 0.250. The maximum Gasteiger partial charge on any atom is 0.338 e. The van der Waals surface area contributed by atoms with Crippen molar-refractivity contribution in [3.63, 3.8) is 0 Å². The molecule has 2 rings (SSSR count). The van der Waals surface area contributed by atoms with Crippen LogP contribution in [0.2, 0.25) is 0 Å². The molecular formula is C16H16O6. The Bertz CT molecular complexity index is 676. The molecule has 0 amide bonds. The first kappa shape index (κ1) is 15.6. The van der Waals surface area contributed by atoms with Crippen molar-refractivity contribution in [2.75, 3.05) is 28.4 Å². The molecule has 0 unspecified atom stereocenters. The van der Waals surface area contributed by atoms with Crippen LogP contribution in [0.4, 0.5) is 0 Å². The maximum absolute atomic E-state index is 12.1. The predicted molar refractivity (Wildman–Crippen MR) is 79.7 cm³/mol. The third-order valence-electron chi connectivity index (χ3n) is 3.28. The third-order valence-corrected chi connectivity index (χ3v) is 3.28. The van der Waals surface area contributed by atoms with E-state index in [9.17, 15) is 9.59 Å². The summed E-state index contributed by atoms with van der Waals surface area (Å²) in [5, 5.41) is 1.04. The molecule has 0 aliphatic rings. The van der Waals surface area contributed by atoms with Crippen molar-refractivity contribution in [1.29, 1.82) is 0 Å². The molecule has 0 saturated heterocycles. The number of carbonyl (C=O) groups is 2. The van der Waals surface area contributed by atoms with E-state index in [4.69, 9.17) is 18.9 Å². The van der Waals surface area contributed by atoms with E-state index in [0.717, 1.165) is 0 Å². The van der Waals surface area contributed by atoms with Gasteiger partial charge < -0.3 is 18.9 Å². The smallest absolute Gasteiger partial charge is 0.338 e. The summed E-state index contributed by atoms with van der Waals surface area (Å²) in [5.74, 6) is -0.202. The highest BCUT2D eigenvalue weighted by Gasteiger charge is 2.21. The minimum absolute atomic E-state index is 0.222. The Labute approximate surface area is 127 Å². The molecule has 2 aromatic carbocycles. The molecule has 0 fully saturated rings. The van der Waals surface area contributed by atoms with Gasteiger partial charge in [0, 0.05) is 5.39 Å². The standard InChI is InChI=1S/C16H16O6/c1-19-10-5-9-6-11(20-2)8-13(16(18)22-4)14(9)12(7-10)15(17)21-3/h5-8H,1-4H3. The van der Waals surface area contributed by atoms with Crippen molar-refractivity contribution in [2.45, 2.75) is 0 Å². The van der Waals surface area contributed by atoms with Gasteiger partial charge in [0.2, 0.25) is 0 Å². The van der Waals surface area contributed by atoms with Crippen LogP contribution in [-0.4, -0.2) is 40.4 Å². The van der Waals surface area contributed by atoms with Crippen LogP contribution in [0.25, 0.3) is 10.8 Å². The first-order valence-corrected chi connectivity index (χ1v) is 6.42. The van der Waals surface area contributed by atoms with Crippen LogP contribution in [-0.2, 0) is 9.47 Å². The Morgan fingerprint density at radius 1 is 0.727 bits per heavy atom. The molecule has 0 atom stereocenters. The van der Waals surface area contributed by atoms with E-state index in [1.807, 2.05) is 0 Å². The average Bonchev–Trinajstić information content (AvgIpc) is 2.57. The summed E-state index contributed by atoms with van der Waals surface area (Å²) in [7, 11) is 5.52. The van der Waals surface area contributed by atoms with Gasteiger partial charge in [-0.2, -0.15) is 0 Å². The number of rotatable bonds is 4. The van der Waals surface area contributed by atoms with E-state index in [2.05, 4.69) is 0 Å². The Morgan fingerprint density at radius 2 is 1.14 bits per heavy atom. The van der Waals surface area contributed by atoms with Crippen molar-refractivity contribution < 1.29 is 28.5 Å². The van der Waals surface area contributed by atoms with Crippen molar-refractivity contribution in [3.05, 3.63) is 35.4 Å². The number of hydrogen-bond acceptors (Lipinski definition) is 6. The van der Waals surface area contributed by atoms with Gasteiger partial charge in [-0.1, -0.05) is 0 Å². The number of carbonyl (C=O) groups excluding carboxylic acids is 2. The Morgan fingerprint density at radius 3 is 1.45 bits per heavy atom. The first-order valence-electron chi connectivity index (χ1n) is 6.42. The van der Waals surface area contributed by atoms with Crippen molar-refractivity contribution in [3.8, 4) is 11.5 Å². The number of ether oxygens (including phenoxy) is 4. The average molecular weight is 304 g/mol. The molecule has 0 bridgehead atoms. The molecule has 22 heavy (non-hydrogen) atoms. The topological polar surface area (TPSA) is 71.1 Å². The Hall–Kier alpha value is -2.76. The van der Waals surface area contributed by atoms with Crippen LogP contribution < -0.4 is 9.47 Å². The molecule has 2 aromatic rings. The van der Waals surface area contributed by atoms with E-state index in [1.165, 1.54) is 40.6 Å². The molecule has 0 saturated carbocycles. The molecule has 0 aromatic heterocycles. The van der Waals surface area contributed by atoms with E-state index in [1.54, 1.807) is 12.1 Å². The highest BCUT2D eigenvalue weighted by molar-refractivity contribution is 6.14. The van der Waals surface area contributed by atoms with Gasteiger partial charge in [-0.15, -0.1) is 0 Å². The van der Waals surface area contributed by atoms with Gasteiger partial charge in [-0.3, -0.25) is 0 Å². The van der Waals surface area contributed by atoms with Gasteiger partial charge >= 0.3 is 11.9 Å². The van der Waals surface area contributed by atoms with Gasteiger partial charge in [0.15, 0.2) is 0 Å². The summed E-state index contributed by atoms with van der Waals surface area (Å²) < 4.78 is 20.0. The third kappa shape index (κ3) is 2.67. The highest BCUT2D eigenvalue weighted by atomic mass is 16.5. The molecule has 0 radical (unpaired) electrons. The van der Waals surface area contributed by atoms with E-state index in [0.29, 0.717) is 22.3 Å². The fourth-order valence-electron chi connectivity index (χ4n) is 2.24. The van der Waals surface area contributed by atoms with Gasteiger partial charge in [0.05, 0.1) is 39.6 Å². The van der Waals surface area contributed by atoms with Crippen LogP contribution in [0.15, 0.2) is 24.3 Å². The largest absolute Gasteiger partial charge is 0.497 e. The molecule has 0 aliphatic heterocycles. The van der Waals surface area contributed by atoms with Crippen LogP contribution in [0.3, 0.4) is 0 Å².